The number of amidine groups is 1. The summed E-state index contributed by atoms with van der Waals surface area (Å²) in [6, 6.07) is 7.67. The Bertz CT molecular complexity index is 748. The number of carbonyl (C=O) groups excluding carboxylic acids is 2. The monoisotopic (exact) mass is 373 g/mol. The molecule has 0 saturated carbocycles. The van der Waals surface area contributed by atoms with Gasteiger partial charge in [0.25, 0.3) is 5.91 Å². The van der Waals surface area contributed by atoms with Crippen LogP contribution in [0.4, 0.5) is 0 Å². The first-order valence-electron chi connectivity index (χ1n) is 8.72. The van der Waals surface area contributed by atoms with Gasteiger partial charge in [0.05, 0.1) is 11.0 Å². The highest BCUT2D eigenvalue weighted by Gasteiger charge is 2.28. The summed E-state index contributed by atoms with van der Waals surface area (Å²) in [7, 11) is 0. The normalized spacial score (nSPS) is 19.3. The van der Waals surface area contributed by atoms with Gasteiger partial charge in [0.2, 0.25) is 5.91 Å². The number of nitrogens with zero attached hydrogens (tertiary/aromatic N) is 3. The highest BCUT2D eigenvalue weighted by Crippen LogP contribution is 2.31. The Morgan fingerprint density at radius 2 is 1.85 bits per heavy atom. The van der Waals surface area contributed by atoms with Gasteiger partial charge in [0, 0.05) is 33.1 Å². The van der Waals surface area contributed by atoms with Gasteiger partial charge in [-0.1, -0.05) is 12.1 Å². The molecule has 7 heteroatoms. The summed E-state index contributed by atoms with van der Waals surface area (Å²) >= 11 is 1.40. The lowest BCUT2D eigenvalue weighted by atomic mass is 10.2. The van der Waals surface area contributed by atoms with Gasteiger partial charge in [-0.15, -0.1) is 0 Å². The lowest BCUT2D eigenvalue weighted by Crippen LogP contribution is -2.49. The second-order valence-electron chi connectivity index (χ2n) is 6.54. The fourth-order valence-corrected chi connectivity index (χ4v) is 3.78. The molecule has 0 aromatic heterocycles. The number of carbonyl (C=O) groups is 2. The summed E-state index contributed by atoms with van der Waals surface area (Å²) < 4.78 is 5.63. The van der Waals surface area contributed by atoms with Crippen molar-refractivity contribution in [2.24, 2.45) is 4.99 Å². The van der Waals surface area contributed by atoms with Crippen LogP contribution >= 0.6 is 11.8 Å². The van der Waals surface area contributed by atoms with E-state index < -0.39 is 0 Å². The standard InChI is InChI=1S/C19H23N3O3S/c1-13(2)25-16-6-4-15(5-7-16)12-17-18(24)20-19(26-17)22-10-8-21(9-11-22)14(3)23/h4-7,12-13H,8-11H2,1-3H3. The summed E-state index contributed by atoms with van der Waals surface area (Å²) in [6.45, 7) is 8.29. The Kier molecular flexibility index (Phi) is 5.66. The van der Waals surface area contributed by atoms with Crippen LogP contribution in [-0.4, -0.2) is 59.1 Å². The summed E-state index contributed by atoms with van der Waals surface area (Å²) in [4.78, 5) is 32.3. The van der Waals surface area contributed by atoms with Crippen molar-refractivity contribution >= 4 is 34.8 Å². The van der Waals surface area contributed by atoms with E-state index in [1.165, 1.54) is 11.8 Å². The van der Waals surface area contributed by atoms with Crippen molar-refractivity contribution < 1.29 is 14.3 Å². The van der Waals surface area contributed by atoms with Crippen LogP contribution in [0.1, 0.15) is 26.3 Å². The molecule has 1 fully saturated rings. The van der Waals surface area contributed by atoms with E-state index in [2.05, 4.69) is 9.89 Å². The average molecular weight is 373 g/mol. The second-order valence-corrected chi connectivity index (χ2v) is 7.55. The Morgan fingerprint density at radius 1 is 1.19 bits per heavy atom. The SMILES string of the molecule is CC(=O)N1CCN(C2=NC(=O)C(=Cc3ccc(OC(C)C)cc3)S2)CC1. The minimum absolute atomic E-state index is 0.0900. The lowest BCUT2D eigenvalue weighted by molar-refractivity contribution is -0.130. The average Bonchev–Trinajstić information content (AvgIpc) is 2.97. The van der Waals surface area contributed by atoms with Crippen LogP contribution < -0.4 is 4.74 Å². The zero-order valence-corrected chi connectivity index (χ0v) is 16.1. The van der Waals surface area contributed by atoms with Gasteiger partial charge in [-0.3, -0.25) is 9.59 Å². The number of amides is 2. The van der Waals surface area contributed by atoms with Crippen LogP contribution in [0.25, 0.3) is 6.08 Å². The number of thioether (sulfide) groups is 1. The summed E-state index contributed by atoms with van der Waals surface area (Å²) in [5.41, 5.74) is 0.940. The van der Waals surface area contributed by atoms with Gasteiger partial charge in [0.15, 0.2) is 5.17 Å². The van der Waals surface area contributed by atoms with Crippen molar-refractivity contribution in [3.63, 3.8) is 0 Å². The van der Waals surface area contributed by atoms with Gasteiger partial charge in [-0.2, -0.15) is 4.99 Å². The number of hydrogen-bond donors (Lipinski definition) is 0. The van der Waals surface area contributed by atoms with E-state index in [9.17, 15) is 9.59 Å². The van der Waals surface area contributed by atoms with Crippen molar-refractivity contribution in [1.82, 2.24) is 9.80 Å². The second kappa shape index (κ2) is 7.95. The molecule has 3 rings (SSSR count). The maximum Gasteiger partial charge on any atom is 0.286 e. The van der Waals surface area contributed by atoms with E-state index in [1.807, 2.05) is 49.1 Å². The Labute approximate surface area is 157 Å². The van der Waals surface area contributed by atoms with Crippen LogP contribution in [-0.2, 0) is 9.59 Å². The van der Waals surface area contributed by atoms with E-state index in [1.54, 1.807) is 6.92 Å². The maximum atomic E-state index is 12.2. The van der Waals surface area contributed by atoms with Gasteiger partial charge < -0.3 is 14.5 Å². The molecule has 0 spiro atoms. The number of aliphatic imine (C=N–C) groups is 1. The Balaban J connectivity index is 1.62. The van der Waals surface area contributed by atoms with Crippen molar-refractivity contribution in [3.8, 4) is 5.75 Å². The summed E-state index contributed by atoms with van der Waals surface area (Å²) in [5, 5.41) is 0.726. The fourth-order valence-electron chi connectivity index (χ4n) is 2.81. The van der Waals surface area contributed by atoms with Crippen LogP contribution in [0.5, 0.6) is 5.75 Å². The minimum Gasteiger partial charge on any atom is -0.491 e. The summed E-state index contributed by atoms with van der Waals surface area (Å²) in [5.74, 6) is 0.696. The highest BCUT2D eigenvalue weighted by molar-refractivity contribution is 8.18. The molecular formula is C19H23N3O3S. The van der Waals surface area contributed by atoms with E-state index in [0.29, 0.717) is 31.1 Å². The number of rotatable bonds is 3. The number of piperazine rings is 1. The molecule has 2 aliphatic rings. The van der Waals surface area contributed by atoms with Crippen molar-refractivity contribution in [3.05, 3.63) is 34.7 Å². The molecule has 138 valence electrons. The smallest absolute Gasteiger partial charge is 0.286 e. The number of hydrogen-bond acceptors (Lipinski definition) is 5. The van der Waals surface area contributed by atoms with Crippen LogP contribution in [0.15, 0.2) is 34.2 Å². The molecule has 2 amide bonds. The van der Waals surface area contributed by atoms with Gasteiger partial charge >= 0.3 is 0 Å². The molecule has 26 heavy (non-hydrogen) atoms. The van der Waals surface area contributed by atoms with Crippen molar-refractivity contribution in [1.29, 1.82) is 0 Å². The minimum atomic E-state index is -0.207. The Hall–Kier alpha value is -2.28. The molecule has 0 N–H and O–H groups in total. The lowest BCUT2D eigenvalue weighted by Gasteiger charge is -2.34. The maximum absolute atomic E-state index is 12.2. The highest BCUT2D eigenvalue weighted by atomic mass is 32.2. The van der Waals surface area contributed by atoms with Gasteiger partial charge in [0.1, 0.15) is 5.75 Å². The molecule has 6 nitrogen and oxygen atoms in total. The predicted molar refractivity (Wildman–Crippen MR) is 104 cm³/mol. The number of benzene rings is 1. The molecule has 1 saturated heterocycles. The first-order valence-corrected chi connectivity index (χ1v) is 9.54. The zero-order chi connectivity index (χ0) is 18.7. The fraction of sp³-hybridized carbons (Fsp3) is 0.421. The van der Waals surface area contributed by atoms with Gasteiger partial charge in [-0.05, 0) is 49.4 Å². The quantitative estimate of drug-likeness (QED) is 0.762. The van der Waals surface area contributed by atoms with Crippen LogP contribution in [0.3, 0.4) is 0 Å². The predicted octanol–water partition coefficient (Wildman–Crippen LogP) is 2.61. The first-order chi connectivity index (χ1) is 12.4. The molecule has 1 aromatic carbocycles. The number of ether oxygens (including phenoxy) is 1. The molecule has 0 unspecified atom stereocenters. The zero-order valence-electron chi connectivity index (χ0n) is 15.3. The van der Waals surface area contributed by atoms with E-state index in [4.69, 9.17) is 4.74 Å². The van der Waals surface area contributed by atoms with Crippen molar-refractivity contribution in [2.45, 2.75) is 26.9 Å². The third-order valence-electron chi connectivity index (χ3n) is 4.15. The largest absolute Gasteiger partial charge is 0.491 e. The molecule has 2 aliphatic heterocycles. The topological polar surface area (TPSA) is 62.2 Å². The molecule has 0 bridgehead atoms. The molecule has 0 radical (unpaired) electrons. The first kappa shape index (κ1) is 18.5. The molecule has 0 atom stereocenters. The molecule has 0 aliphatic carbocycles. The Morgan fingerprint density at radius 3 is 2.42 bits per heavy atom. The van der Waals surface area contributed by atoms with E-state index in [-0.39, 0.29) is 17.9 Å². The van der Waals surface area contributed by atoms with E-state index in [0.717, 1.165) is 16.5 Å². The third kappa shape index (κ3) is 4.46. The van der Waals surface area contributed by atoms with Crippen LogP contribution in [0, 0.1) is 0 Å². The third-order valence-corrected chi connectivity index (χ3v) is 5.20. The molecule has 1 aromatic rings. The molecular weight excluding hydrogens is 350 g/mol. The molecule has 2 heterocycles. The van der Waals surface area contributed by atoms with Crippen LogP contribution in [0.2, 0.25) is 0 Å². The van der Waals surface area contributed by atoms with Gasteiger partial charge in [-0.25, -0.2) is 0 Å². The van der Waals surface area contributed by atoms with E-state index >= 15 is 0 Å². The summed E-state index contributed by atoms with van der Waals surface area (Å²) in [6.07, 6.45) is 1.99. The van der Waals surface area contributed by atoms with Crippen molar-refractivity contribution in [2.75, 3.05) is 26.2 Å².